The minimum atomic E-state index is -4.46. The van der Waals surface area contributed by atoms with Crippen LogP contribution in [-0.4, -0.2) is 57.7 Å². The Kier molecular flexibility index (Phi) is 6.15. The molecule has 2 heterocycles. The number of aliphatic hydroxyl groups is 1. The van der Waals surface area contributed by atoms with Crippen LogP contribution in [0.4, 0.5) is 13.2 Å². The Labute approximate surface area is 161 Å². The molecule has 0 saturated carbocycles. The fraction of sp³-hybridized carbons (Fsp3) is 0.500. The van der Waals surface area contributed by atoms with Gasteiger partial charge < -0.3 is 14.6 Å². The van der Waals surface area contributed by atoms with Crippen LogP contribution in [0, 0.1) is 0 Å². The maximum atomic E-state index is 13.1. The summed E-state index contributed by atoms with van der Waals surface area (Å²) in [5, 5.41) is 9.77. The van der Waals surface area contributed by atoms with Gasteiger partial charge in [0.1, 0.15) is 0 Å². The summed E-state index contributed by atoms with van der Waals surface area (Å²) in [5.41, 5.74) is 0.848. The van der Waals surface area contributed by atoms with Crippen LogP contribution in [0.25, 0.3) is 0 Å². The number of rotatable bonds is 5. The maximum Gasteiger partial charge on any atom is 0.416 e. The second-order valence-electron chi connectivity index (χ2n) is 6.91. The van der Waals surface area contributed by atoms with Crippen molar-refractivity contribution < 1.29 is 18.3 Å². The molecule has 27 heavy (non-hydrogen) atoms. The van der Waals surface area contributed by atoms with Gasteiger partial charge in [-0.05, 0) is 30.3 Å². The Morgan fingerprint density at radius 3 is 2.37 bits per heavy atom. The molecule has 0 atom stereocenters. The minimum absolute atomic E-state index is 0.221. The molecule has 5 nitrogen and oxygen atoms in total. The van der Waals surface area contributed by atoms with E-state index in [9.17, 15) is 18.3 Å². The van der Waals surface area contributed by atoms with Gasteiger partial charge in [0.15, 0.2) is 5.16 Å². The van der Waals surface area contributed by atoms with Crippen LogP contribution in [-0.2, 0) is 25.9 Å². The van der Waals surface area contributed by atoms with Crippen molar-refractivity contribution in [1.29, 1.82) is 0 Å². The molecule has 1 aliphatic heterocycles. The van der Waals surface area contributed by atoms with E-state index in [1.165, 1.54) is 0 Å². The van der Waals surface area contributed by atoms with E-state index in [1.54, 1.807) is 12.3 Å². The first-order chi connectivity index (χ1) is 12.8. The van der Waals surface area contributed by atoms with Gasteiger partial charge in [-0.3, -0.25) is 4.90 Å². The zero-order valence-corrected chi connectivity index (χ0v) is 16.0. The summed E-state index contributed by atoms with van der Waals surface area (Å²) < 4.78 is 41.2. The number of hydrogen-bond acceptors (Lipinski definition) is 5. The third kappa shape index (κ3) is 5.04. The normalized spacial score (nSPS) is 16.8. The molecule has 1 saturated heterocycles. The van der Waals surface area contributed by atoms with Crippen molar-refractivity contribution in [3.8, 4) is 0 Å². The number of piperazine rings is 1. The van der Waals surface area contributed by atoms with Crippen molar-refractivity contribution in [3.63, 3.8) is 0 Å². The molecular weight excluding hydrogens is 377 g/mol. The molecule has 0 spiro atoms. The Morgan fingerprint density at radius 2 is 1.74 bits per heavy atom. The second-order valence-corrected chi connectivity index (χ2v) is 7.31. The number of likely N-dealkylation sites (N-methyl/N-ethyl adjacent to an activating group) is 1. The Bertz CT molecular complexity index is 785. The summed E-state index contributed by atoms with van der Waals surface area (Å²) in [6.45, 7) is 4.28. The van der Waals surface area contributed by atoms with Crippen LogP contribution in [0.5, 0.6) is 0 Å². The van der Waals surface area contributed by atoms with Gasteiger partial charge >= 0.3 is 6.18 Å². The standard InChI is InChI=1S/C18H23F3N4OS/c1-23-2-4-24(5-3-23)11-16-9-22-17(27)25(16)10-13-6-14(12-26)8-15(7-13)18(19,20)21/h6-9,26H,2-5,10-12H2,1H3,(H,22,27). The number of alkyl halides is 3. The largest absolute Gasteiger partial charge is 0.416 e. The molecule has 3 rings (SSSR count). The zero-order chi connectivity index (χ0) is 19.6. The maximum absolute atomic E-state index is 13.1. The van der Waals surface area contributed by atoms with E-state index in [4.69, 9.17) is 0 Å². The van der Waals surface area contributed by atoms with Crippen LogP contribution in [0.2, 0.25) is 0 Å². The predicted molar refractivity (Wildman–Crippen MR) is 98.7 cm³/mol. The van der Waals surface area contributed by atoms with Crippen molar-refractivity contribution in [3.05, 3.63) is 46.8 Å². The van der Waals surface area contributed by atoms with Gasteiger partial charge in [0.05, 0.1) is 24.1 Å². The summed E-state index contributed by atoms with van der Waals surface area (Å²) in [6.07, 6.45) is -2.73. The van der Waals surface area contributed by atoms with E-state index in [-0.39, 0.29) is 12.1 Å². The quantitative estimate of drug-likeness (QED) is 0.757. The van der Waals surface area contributed by atoms with Crippen molar-refractivity contribution >= 4 is 12.6 Å². The first-order valence-electron chi connectivity index (χ1n) is 8.71. The zero-order valence-electron chi connectivity index (χ0n) is 15.1. The lowest BCUT2D eigenvalue weighted by molar-refractivity contribution is -0.137. The first kappa shape index (κ1) is 20.2. The molecular formula is C18H23F3N4OS. The number of aliphatic hydroxyl groups excluding tert-OH is 1. The number of halogens is 3. The van der Waals surface area contributed by atoms with Crippen LogP contribution < -0.4 is 0 Å². The Balaban J connectivity index is 1.83. The fourth-order valence-electron chi connectivity index (χ4n) is 3.23. The topological polar surface area (TPSA) is 44.5 Å². The van der Waals surface area contributed by atoms with E-state index >= 15 is 0 Å². The highest BCUT2D eigenvalue weighted by Crippen LogP contribution is 2.31. The van der Waals surface area contributed by atoms with Crippen LogP contribution in [0.1, 0.15) is 22.4 Å². The van der Waals surface area contributed by atoms with Gasteiger partial charge in [0, 0.05) is 39.3 Å². The van der Waals surface area contributed by atoms with Crippen molar-refractivity contribution in [2.45, 2.75) is 31.0 Å². The molecule has 1 N–H and O–H groups in total. The number of hydrogen-bond donors (Lipinski definition) is 2. The van der Waals surface area contributed by atoms with Crippen molar-refractivity contribution in [2.75, 3.05) is 33.2 Å². The Morgan fingerprint density at radius 1 is 1.07 bits per heavy atom. The highest BCUT2D eigenvalue weighted by Gasteiger charge is 2.31. The van der Waals surface area contributed by atoms with Crippen molar-refractivity contribution in [2.24, 2.45) is 0 Å². The fourth-order valence-corrected chi connectivity index (χ4v) is 3.48. The van der Waals surface area contributed by atoms with Gasteiger partial charge in [-0.1, -0.05) is 6.07 Å². The SMILES string of the molecule is CN1CCN(Cc2cnc(S)n2Cc2cc(CO)cc(C(F)(F)F)c2)CC1. The molecule has 0 amide bonds. The molecule has 0 aliphatic carbocycles. The summed E-state index contributed by atoms with van der Waals surface area (Å²) in [5.74, 6) is 0. The van der Waals surface area contributed by atoms with E-state index in [0.717, 1.165) is 44.0 Å². The molecule has 1 aliphatic rings. The number of aromatic nitrogens is 2. The lowest BCUT2D eigenvalue weighted by Gasteiger charge is -2.32. The van der Waals surface area contributed by atoms with Crippen LogP contribution in [0.3, 0.4) is 0 Å². The third-order valence-corrected chi connectivity index (χ3v) is 5.16. The van der Waals surface area contributed by atoms with Crippen molar-refractivity contribution in [1.82, 2.24) is 19.4 Å². The Hall–Kier alpha value is -1.55. The van der Waals surface area contributed by atoms with Gasteiger partial charge in [-0.15, -0.1) is 12.6 Å². The smallest absolute Gasteiger partial charge is 0.392 e. The first-order valence-corrected chi connectivity index (χ1v) is 9.16. The number of benzene rings is 1. The van der Waals surface area contributed by atoms with Gasteiger partial charge in [-0.2, -0.15) is 13.2 Å². The highest BCUT2D eigenvalue weighted by atomic mass is 32.1. The summed E-state index contributed by atoms with van der Waals surface area (Å²) >= 11 is 4.37. The molecule has 1 aromatic heterocycles. The summed E-state index contributed by atoms with van der Waals surface area (Å²) in [6, 6.07) is 3.68. The number of thiol groups is 1. The van der Waals surface area contributed by atoms with Crippen LogP contribution in [0.15, 0.2) is 29.6 Å². The van der Waals surface area contributed by atoms with Crippen LogP contribution >= 0.6 is 12.6 Å². The number of imidazole rings is 1. The van der Waals surface area contributed by atoms with E-state index in [1.807, 2.05) is 4.57 Å². The van der Waals surface area contributed by atoms with Gasteiger partial charge in [0.25, 0.3) is 0 Å². The van der Waals surface area contributed by atoms with Gasteiger partial charge in [-0.25, -0.2) is 4.98 Å². The lowest BCUT2D eigenvalue weighted by Crippen LogP contribution is -2.44. The summed E-state index contributed by atoms with van der Waals surface area (Å²) in [4.78, 5) is 8.78. The molecule has 9 heteroatoms. The average Bonchev–Trinajstić information content (AvgIpc) is 2.96. The van der Waals surface area contributed by atoms with E-state index < -0.39 is 18.3 Å². The average molecular weight is 400 g/mol. The number of nitrogens with zero attached hydrogens (tertiary/aromatic N) is 4. The highest BCUT2D eigenvalue weighted by molar-refractivity contribution is 7.80. The predicted octanol–water partition coefficient (Wildman–Crippen LogP) is 2.48. The minimum Gasteiger partial charge on any atom is -0.392 e. The second kappa shape index (κ2) is 8.22. The summed E-state index contributed by atoms with van der Waals surface area (Å²) in [7, 11) is 2.08. The molecule has 0 bridgehead atoms. The molecule has 148 valence electrons. The molecule has 2 aromatic rings. The molecule has 0 unspecified atom stereocenters. The molecule has 0 radical (unpaired) electrons. The van der Waals surface area contributed by atoms with E-state index in [2.05, 4.69) is 34.5 Å². The van der Waals surface area contributed by atoms with E-state index in [0.29, 0.717) is 17.3 Å². The monoisotopic (exact) mass is 400 g/mol. The van der Waals surface area contributed by atoms with Gasteiger partial charge in [0.2, 0.25) is 0 Å². The molecule has 1 fully saturated rings. The third-order valence-electron chi connectivity index (χ3n) is 4.80. The lowest BCUT2D eigenvalue weighted by atomic mass is 10.1. The molecule has 1 aromatic carbocycles.